The molecule has 1 aliphatic heterocycles. The smallest absolute Gasteiger partial charge is 0.328 e. The molecule has 0 radical (unpaired) electrons. The van der Waals surface area contributed by atoms with Crippen LogP contribution in [0, 0.1) is 11.3 Å². The predicted molar refractivity (Wildman–Crippen MR) is 65.4 cm³/mol. The van der Waals surface area contributed by atoms with Crippen molar-refractivity contribution < 1.29 is 14.3 Å². The second kappa shape index (κ2) is 5.52. The summed E-state index contributed by atoms with van der Waals surface area (Å²) in [6.45, 7) is 9.02. The highest BCUT2D eigenvalue weighted by atomic mass is 16.5. The van der Waals surface area contributed by atoms with Gasteiger partial charge in [0.1, 0.15) is 6.04 Å². The summed E-state index contributed by atoms with van der Waals surface area (Å²) in [6.07, 6.45) is 2.00. The first kappa shape index (κ1) is 14.0. The Bertz CT molecular complexity index is 294. The largest absolute Gasteiger partial charge is 0.464 e. The third-order valence-corrected chi connectivity index (χ3v) is 2.75. The first-order valence-electron chi connectivity index (χ1n) is 6.24. The van der Waals surface area contributed by atoms with E-state index in [1.54, 1.807) is 0 Å². The second-order valence-electron chi connectivity index (χ2n) is 6.16. The van der Waals surface area contributed by atoms with Gasteiger partial charge in [-0.1, -0.05) is 27.7 Å². The zero-order chi connectivity index (χ0) is 13.1. The lowest BCUT2D eigenvalue weighted by molar-refractivity contribution is -0.148. The minimum atomic E-state index is -0.427. The molecule has 98 valence electrons. The normalized spacial score (nSPS) is 22.1. The number of carbonyl (C=O) groups is 2. The summed E-state index contributed by atoms with van der Waals surface area (Å²) in [5, 5.41) is 2.61. The molecule has 1 aliphatic rings. The molecule has 0 aromatic rings. The number of rotatable bonds is 4. The monoisotopic (exact) mass is 241 g/mol. The van der Waals surface area contributed by atoms with E-state index >= 15 is 0 Å². The fourth-order valence-corrected chi connectivity index (χ4v) is 2.22. The average molecular weight is 241 g/mol. The molecular formula is C13H23NO3. The van der Waals surface area contributed by atoms with Gasteiger partial charge in [-0.05, 0) is 24.2 Å². The number of amides is 1. The minimum Gasteiger partial charge on any atom is -0.464 e. The maximum atomic E-state index is 11.6. The summed E-state index contributed by atoms with van der Waals surface area (Å²) in [5.41, 5.74) is 0.243. The molecule has 0 aromatic heterocycles. The fourth-order valence-electron chi connectivity index (χ4n) is 2.22. The van der Waals surface area contributed by atoms with E-state index in [1.807, 2.05) is 0 Å². The van der Waals surface area contributed by atoms with Crippen LogP contribution in [0.3, 0.4) is 0 Å². The lowest BCUT2D eigenvalue weighted by Crippen LogP contribution is -2.35. The molecule has 1 amide bonds. The molecule has 1 fully saturated rings. The number of nitrogens with one attached hydrogen (secondary N) is 1. The Morgan fingerprint density at radius 2 is 2.18 bits per heavy atom. The molecule has 1 rings (SSSR count). The Kier molecular flexibility index (Phi) is 4.54. The average Bonchev–Trinajstić information content (AvgIpc) is 2.58. The van der Waals surface area contributed by atoms with Crippen molar-refractivity contribution in [2.75, 3.05) is 6.61 Å². The zero-order valence-corrected chi connectivity index (χ0v) is 11.2. The molecule has 0 spiro atoms. The van der Waals surface area contributed by atoms with Gasteiger partial charge in [0, 0.05) is 6.42 Å². The maximum absolute atomic E-state index is 11.6. The van der Waals surface area contributed by atoms with E-state index in [9.17, 15) is 9.59 Å². The molecular weight excluding hydrogens is 218 g/mol. The Hall–Kier alpha value is -1.06. The first-order valence-corrected chi connectivity index (χ1v) is 6.24. The second-order valence-corrected chi connectivity index (χ2v) is 6.16. The first-order chi connectivity index (χ1) is 7.78. The van der Waals surface area contributed by atoms with Crippen molar-refractivity contribution in [3.05, 3.63) is 0 Å². The van der Waals surface area contributed by atoms with E-state index in [2.05, 4.69) is 33.0 Å². The molecule has 0 aromatic carbocycles. The van der Waals surface area contributed by atoms with Gasteiger partial charge < -0.3 is 10.1 Å². The van der Waals surface area contributed by atoms with E-state index in [-0.39, 0.29) is 17.3 Å². The van der Waals surface area contributed by atoms with Crippen LogP contribution in [-0.4, -0.2) is 24.5 Å². The zero-order valence-electron chi connectivity index (χ0n) is 11.2. The van der Waals surface area contributed by atoms with Crippen LogP contribution in [0.25, 0.3) is 0 Å². The molecule has 2 atom stereocenters. The number of carbonyl (C=O) groups excluding carboxylic acids is 2. The fraction of sp³-hybridized carbons (Fsp3) is 0.846. The quantitative estimate of drug-likeness (QED) is 0.765. The molecule has 1 N–H and O–H groups in total. The molecule has 0 aliphatic carbocycles. The van der Waals surface area contributed by atoms with Gasteiger partial charge in [-0.15, -0.1) is 0 Å². The van der Waals surface area contributed by atoms with Crippen LogP contribution in [0.2, 0.25) is 0 Å². The highest BCUT2D eigenvalue weighted by molar-refractivity contribution is 5.87. The van der Waals surface area contributed by atoms with E-state index in [1.165, 1.54) is 0 Å². The topological polar surface area (TPSA) is 55.4 Å². The summed E-state index contributed by atoms with van der Waals surface area (Å²) < 4.78 is 5.23. The third-order valence-electron chi connectivity index (χ3n) is 2.75. The standard InChI is InChI=1S/C13H23NO3/c1-9(7-13(2,3)4)8-17-12(16)10-5-6-11(15)14-10/h9-10H,5-8H2,1-4H3,(H,14,15)/t9?,10-/m0/s1. The molecule has 0 bridgehead atoms. The van der Waals surface area contributed by atoms with Crippen LogP contribution in [0.5, 0.6) is 0 Å². The molecule has 1 unspecified atom stereocenters. The van der Waals surface area contributed by atoms with Gasteiger partial charge in [-0.25, -0.2) is 4.79 Å². The van der Waals surface area contributed by atoms with Crippen LogP contribution in [0.1, 0.15) is 47.0 Å². The van der Waals surface area contributed by atoms with Gasteiger partial charge in [0.25, 0.3) is 0 Å². The van der Waals surface area contributed by atoms with E-state index in [4.69, 9.17) is 4.74 Å². The van der Waals surface area contributed by atoms with Gasteiger partial charge in [-0.3, -0.25) is 4.79 Å². The number of esters is 1. The maximum Gasteiger partial charge on any atom is 0.328 e. The van der Waals surface area contributed by atoms with Crippen LogP contribution in [0.4, 0.5) is 0 Å². The third kappa shape index (κ3) is 5.20. The van der Waals surface area contributed by atoms with Gasteiger partial charge >= 0.3 is 5.97 Å². The molecule has 17 heavy (non-hydrogen) atoms. The van der Waals surface area contributed by atoms with Crippen molar-refractivity contribution in [3.8, 4) is 0 Å². The molecule has 1 heterocycles. The minimum absolute atomic E-state index is 0.0605. The number of ether oxygens (including phenoxy) is 1. The van der Waals surface area contributed by atoms with Crippen molar-refractivity contribution in [3.63, 3.8) is 0 Å². The predicted octanol–water partition coefficient (Wildman–Crippen LogP) is 1.88. The van der Waals surface area contributed by atoms with Crippen molar-refractivity contribution in [2.45, 2.75) is 53.0 Å². The lowest BCUT2D eigenvalue weighted by Gasteiger charge is -2.23. The van der Waals surface area contributed by atoms with E-state index < -0.39 is 6.04 Å². The van der Waals surface area contributed by atoms with E-state index in [0.29, 0.717) is 25.4 Å². The summed E-state index contributed by atoms with van der Waals surface area (Å²) in [6, 6.07) is -0.427. The van der Waals surface area contributed by atoms with Gasteiger partial charge in [0.15, 0.2) is 0 Å². The van der Waals surface area contributed by atoms with Crippen LogP contribution < -0.4 is 5.32 Å². The molecule has 4 heteroatoms. The summed E-state index contributed by atoms with van der Waals surface area (Å²) in [7, 11) is 0. The van der Waals surface area contributed by atoms with Crippen molar-refractivity contribution >= 4 is 11.9 Å². The summed E-state index contributed by atoms with van der Waals surface area (Å²) >= 11 is 0. The van der Waals surface area contributed by atoms with E-state index in [0.717, 1.165) is 6.42 Å². The molecule has 1 saturated heterocycles. The van der Waals surface area contributed by atoms with Gasteiger partial charge in [-0.2, -0.15) is 0 Å². The van der Waals surface area contributed by atoms with Crippen LogP contribution in [-0.2, 0) is 14.3 Å². The molecule has 4 nitrogen and oxygen atoms in total. The Morgan fingerprint density at radius 3 is 2.65 bits per heavy atom. The van der Waals surface area contributed by atoms with Crippen molar-refractivity contribution in [1.29, 1.82) is 0 Å². The highest BCUT2D eigenvalue weighted by Gasteiger charge is 2.28. The Morgan fingerprint density at radius 1 is 1.53 bits per heavy atom. The molecule has 0 saturated carbocycles. The van der Waals surface area contributed by atoms with Crippen molar-refractivity contribution in [2.24, 2.45) is 11.3 Å². The van der Waals surface area contributed by atoms with Gasteiger partial charge in [0.2, 0.25) is 5.91 Å². The van der Waals surface area contributed by atoms with Crippen molar-refractivity contribution in [1.82, 2.24) is 5.32 Å². The number of hydrogen-bond acceptors (Lipinski definition) is 3. The number of hydrogen-bond donors (Lipinski definition) is 1. The SMILES string of the molecule is CC(COC(=O)[C@@H]1CCC(=O)N1)CC(C)(C)C. The van der Waals surface area contributed by atoms with Gasteiger partial charge in [0.05, 0.1) is 6.61 Å². The lowest BCUT2D eigenvalue weighted by atomic mass is 9.86. The summed E-state index contributed by atoms with van der Waals surface area (Å²) in [5.74, 6) is -0.0117. The Labute approximate surface area is 103 Å². The Balaban J connectivity index is 2.26. The summed E-state index contributed by atoms with van der Waals surface area (Å²) in [4.78, 5) is 22.6. The van der Waals surface area contributed by atoms with Crippen LogP contribution >= 0.6 is 0 Å². The van der Waals surface area contributed by atoms with Crippen LogP contribution in [0.15, 0.2) is 0 Å². The highest BCUT2D eigenvalue weighted by Crippen LogP contribution is 2.24.